The van der Waals surface area contributed by atoms with Crippen molar-refractivity contribution < 1.29 is 14.3 Å². The van der Waals surface area contributed by atoms with Crippen LogP contribution in [0.1, 0.15) is 34.2 Å². The lowest BCUT2D eigenvalue weighted by molar-refractivity contribution is -0.115. The Labute approximate surface area is 193 Å². The number of hydrogen-bond acceptors (Lipinski definition) is 8. The fraction of sp³-hybridized carbons (Fsp3) is 0.227. The van der Waals surface area contributed by atoms with E-state index < -0.39 is 5.97 Å². The summed E-state index contributed by atoms with van der Waals surface area (Å²) in [6.07, 6.45) is 3.53. The number of benzene rings is 1. The quantitative estimate of drug-likeness (QED) is 0.383. The van der Waals surface area contributed by atoms with E-state index in [1.165, 1.54) is 29.6 Å². The van der Waals surface area contributed by atoms with E-state index >= 15 is 0 Å². The first-order valence-corrected chi connectivity index (χ1v) is 11.5. The second-order valence-corrected chi connectivity index (χ2v) is 8.96. The summed E-state index contributed by atoms with van der Waals surface area (Å²) in [7, 11) is 1.82. The van der Waals surface area contributed by atoms with Gasteiger partial charge in [-0.15, -0.1) is 22.7 Å². The van der Waals surface area contributed by atoms with Crippen LogP contribution in [-0.4, -0.2) is 31.6 Å². The predicted molar refractivity (Wildman–Crippen MR) is 124 cm³/mol. The van der Waals surface area contributed by atoms with Gasteiger partial charge in [0.05, 0.1) is 17.6 Å². The van der Waals surface area contributed by atoms with Crippen molar-refractivity contribution in [1.82, 2.24) is 19.7 Å². The number of nitrogens with zero attached hydrogens (tertiary/aromatic N) is 5. The Hall–Kier alpha value is -3.37. The highest BCUT2D eigenvalue weighted by molar-refractivity contribution is 7.14. The molecule has 32 heavy (non-hydrogen) atoms. The molecule has 0 aliphatic carbocycles. The number of anilines is 2. The smallest absolute Gasteiger partial charge is 0.358 e. The van der Waals surface area contributed by atoms with Crippen LogP contribution in [0.5, 0.6) is 0 Å². The molecule has 4 rings (SSSR count). The first-order chi connectivity index (χ1) is 15.3. The monoisotopic (exact) mass is 467 g/mol. The maximum absolute atomic E-state index is 12.4. The molecule has 0 aliphatic rings. The zero-order valence-corrected chi connectivity index (χ0v) is 19.7. The third-order valence-corrected chi connectivity index (χ3v) is 6.58. The molecule has 0 unspecified atom stereocenters. The van der Waals surface area contributed by atoms with Crippen LogP contribution in [0.2, 0.25) is 0 Å². The van der Waals surface area contributed by atoms with E-state index in [2.05, 4.69) is 15.1 Å². The van der Waals surface area contributed by atoms with Gasteiger partial charge in [-0.1, -0.05) is 6.07 Å². The molecular weight excluding hydrogens is 446 g/mol. The Kier molecular flexibility index (Phi) is 6.15. The van der Waals surface area contributed by atoms with E-state index in [1.54, 1.807) is 26.5 Å². The fourth-order valence-electron chi connectivity index (χ4n) is 3.00. The molecule has 0 N–H and O–H groups in total. The molecule has 0 aliphatic heterocycles. The van der Waals surface area contributed by atoms with Gasteiger partial charge in [-0.3, -0.25) is 14.4 Å². The van der Waals surface area contributed by atoms with Gasteiger partial charge in [0.2, 0.25) is 5.91 Å². The summed E-state index contributed by atoms with van der Waals surface area (Å²) in [5, 5.41) is 8.78. The minimum Gasteiger partial charge on any atom is -0.454 e. The third kappa shape index (κ3) is 4.61. The first-order valence-electron chi connectivity index (χ1n) is 9.76. The molecule has 8 nitrogen and oxygen atoms in total. The molecule has 1 aromatic carbocycles. The van der Waals surface area contributed by atoms with Gasteiger partial charge < -0.3 is 4.74 Å². The van der Waals surface area contributed by atoms with Gasteiger partial charge in [0.1, 0.15) is 11.6 Å². The van der Waals surface area contributed by atoms with Crippen molar-refractivity contribution in [3.05, 3.63) is 63.9 Å². The number of carbonyl (C=O) groups excluding carboxylic acids is 2. The number of thiazole rings is 2. The molecule has 164 valence electrons. The Bertz CT molecular complexity index is 1290. The van der Waals surface area contributed by atoms with E-state index in [9.17, 15) is 9.59 Å². The summed E-state index contributed by atoms with van der Waals surface area (Å²) in [6, 6.07) is 5.83. The predicted octanol–water partition coefficient (Wildman–Crippen LogP) is 4.66. The molecule has 0 radical (unpaired) electrons. The summed E-state index contributed by atoms with van der Waals surface area (Å²) >= 11 is 2.68. The summed E-state index contributed by atoms with van der Waals surface area (Å²) in [4.78, 5) is 35.1. The number of esters is 1. The lowest BCUT2D eigenvalue weighted by atomic mass is 10.1. The van der Waals surface area contributed by atoms with Gasteiger partial charge in [-0.05, 0) is 37.1 Å². The normalized spacial score (nSPS) is 10.9. The summed E-state index contributed by atoms with van der Waals surface area (Å²) < 4.78 is 7.07. The average Bonchev–Trinajstić information content (AvgIpc) is 3.49. The molecular formula is C22H21N5O3S2. The van der Waals surface area contributed by atoms with E-state index in [-0.39, 0.29) is 18.2 Å². The summed E-state index contributed by atoms with van der Waals surface area (Å²) in [6.45, 7) is 5.52. The van der Waals surface area contributed by atoms with E-state index in [1.807, 2.05) is 45.3 Å². The number of carbonyl (C=O) groups is 2. The SMILES string of the molecule is CC(=O)N(c1ccc(C)c(C)c1)c1nc(COC(=O)c2csc(-c3cnn(C)c3)n2)cs1. The Morgan fingerprint density at radius 3 is 2.62 bits per heavy atom. The Morgan fingerprint density at radius 2 is 1.94 bits per heavy atom. The van der Waals surface area contributed by atoms with E-state index in [4.69, 9.17) is 4.74 Å². The average molecular weight is 468 g/mol. The van der Waals surface area contributed by atoms with Crippen molar-refractivity contribution in [2.45, 2.75) is 27.4 Å². The number of ether oxygens (including phenoxy) is 1. The number of amides is 1. The zero-order chi connectivity index (χ0) is 22.8. The van der Waals surface area contributed by atoms with Gasteiger partial charge >= 0.3 is 5.97 Å². The van der Waals surface area contributed by atoms with Crippen LogP contribution >= 0.6 is 22.7 Å². The Balaban J connectivity index is 1.44. The van der Waals surface area contributed by atoms with Gasteiger partial charge in [0.25, 0.3) is 0 Å². The van der Waals surface area contributed by atoms with Crippen LogP contribution in [0, 0.1) is 13.8 Å². The maximum Gasteiger partial charge on any atom is 0.358 e. The van der Waals surface area contributed by atoms with Gasteiger partial charge in [-0.2, -0.15) is 5.10 Å². The van der Waals surface area contributed by atoms with Gasteiger partial charge in [0, 0.05) is 36.5 Å². The molecule has 0 spiro atoms. The molecule has 1 amide bonds. The van der Waals surface area contributed by atoms with Crippen molar-refractivity contribution in [2.75, 3.05) is 4.90 Å². The molecule has 0 bridgehead atoms. The minimum atomic E-state index is -0.525. The number of hydrogen-bond donors (Lipinski definition) is 0. The molecule has 3 aromatic heterocycles. The third-order valence-electron chi connectivity index (χ3n) is 4.81. The highest BCUT2D eigenvalue weighted by Crippen LogP contribution is 2.30. The van der Waals surface area contributed by atoms with Crippen LogP contribution in [-0.2, 0) is 23.2 Å². The van der Waals surface area contributed by atoms with Crippen LogP contribution in [0.15, 0.2) is 41.4 Å². The molecule has 4 aromatic rings. The van der Waals surface area contributed by atoms with Crippen molar-refractivity contribution >= 4 is 45.4 Å². The Morgan fingerprint density at radius 1 is 1.12 bits per heavy atom. The second kappa shape index (κ2) is 9.01. The van der Waals surface area contributed by atoms with Crippen molar-refractivity contribution in [1.29, 1.82) is 0 Å². The molecule has 0 atom stereocenters. The second-order valence-electron chi connectivity index (χ2n) is 7.26. The van der Waals surface area contributed by atoms with Crippen molar-refractivity contribution in [3.8, 4) is 10.6 Å². The zero-order valence-electron chi connectivity index (χ0n) is 18.0. The molecule has 0 saturated heterocycles. The van der Waals surface area contributed by atoms with Crippen molar-refractivity contribution in [3.63, 3.8) is 0 Å². The first kappa shape index (κ1) is 21.8. The van der Waals surface area contributed by atoms with Gasteiger partial charge in [-0.25, -0.2) is 14.8 Å². The maximum atomic E-state index is 12.4. The highest BCUT2D eigenvalue weighted by Gasteiger charge is 2.20. The fourth-order valence-corrected chi connectivity index (χ4v) is 4.64. The van der Waals surface area contributed by atoms with Gasteiger partial charge in [0.15, 0.2) is 10.8 Å². The summed E-state index contributed by atoms with van der Waals surface area (Å²) in [5.41, 5.74) is 4.65. The van der Waals surface area contributed by atoms with Crippen LogP contribution in [0.25, 0.3) is 10.6 Å². The molecule has 10 heteroatoms. The number of aryl methyl sites for hydroxylation is 3. The van der Waals surface area contributed by atoms with Crippen molar-refractivity contribution in [2.24, 2.45) is 7.05 Å². The highest BCUT2D eigenvalue weighted by atomic mass is 32.1. The van der Waals surface area contributed by atoms with Crippen LogP contribution < -0.4 is 4.90 Å². The lowest BCUT2D eigenvalue weighted by Crippen LogP contribution is -2.22. The summed E-state index contributed by atoms with van der Waals surface area (Å²) in [5.74, 6) is -0.667. The largest absolute Gasteiger partial charge is 0.454 e. The number of aromatic nitrogens is 4. The minimum absolute atomic E-state index is 0.00619. The molecule has 0 fully saturated rings. The van der Waals surface area contributed by atoms with Crippen LogP contribution in [0.3, 0.4) is 0 Å². The molecule has 3 heterocycles. The molecule has 0 saturated carbocycles. The number of rotatable bonds is 6. The van der Waals surface area contributed by atoms with E-state index in [0.29, 0.717) is 15.8 Å². The standard InChI is InChI=1S/C22H21N5O3S2/c1-13-5-6-18(7-14(13)2)27(15(3)28)22-24-17(11-32-22)10-30-21(29)19-12-31-20(25-19)16-8-23-26(4)9-16/h5-9,11-12H,10H2,1-4H3. The lowest BCUT2D eigenvalue weighted by Gasteiger charge is -2.19. The van der Waals surface area contributed by atoms with Crippen LogP contribution in [0.4, 0.5) is 10.8 Å². The topological polar surface area (TPSA) is 90.2 Å². The van der Waals surface area contributed by atoms with E-state index in [0.717, 1.165) is 22.4 Å².